The lowest BCUT2D eigenvalue weighted by atomic mass is 9.74. The van der Waals surface area contributed by atoms with Crippen molar-refractivity contribution in [1.29, 1.82) is 0 Å². The molecule has 5 aliphatic heterocycles. The fraction of sp³-hybridized carbons (Fsp3) is 0.885. The molecule has 15 rings (SSSR count). The normalized spacial score (nSPS) is 37.9. The van der Waals surface area contributed by atoms with Crippen LogP contribution in [-0.2, 0) is 105 Å². The van der Waals surface area contributed by atoms with Gasteiger partial charge in [-0.1, -0.05) is 137 Å². The molecule has 10 bridgehead atoms. The molecule has 0 spiro atoms. The van der Waals surface area contributed by atoms with Crippen LogP contribution in [0.1, 0.15) is 255 Å². The first-order valence-electron chi connectivity index (χ1n) is 38.2. The Kier molecular flexibility index (Phi) is 38.3. The predicted octanol–water partition coefficient (Wildman–Crippen LogP) is 16.3. The average Bonchev–Trinajstić information content (AvgIpc) is 1.57. The van der Waals surface area contributed by atoms with Crippen LogP contribution < -0.4 is 0 Å². The zero-order valence-electron chi connectivity index (χ0n) is 61.3. The fourth-order valence-corrected chi connectivity index (χ4v) is 20.4. The third-order valence-electron chi connectivity index (χ3n) is 27.6. The van der Waals surface area contributed by atoms with E-state index >= 15 is 0 Å². The van der Waals surface area contributed by atoms with Gasteiger partial charge in [0.25, 0.3) is 0 Å². The molecule has 15 fully saturated rings. The van der Waals surface area contributed by atoms with Crippen LogP contribution in [-0.4, -0.2) is 149 Å². The number of cyclic esters (lactones) is 5. The summed E-state index contributed by atoms with van der Waals surface area (Å²) in [7, 11) is 0. The van der Waals surface area contributed by atoms with Crippen molar-refractivity contribution in [2.24, 2.45) is 153 Å². The summed E-state index contributed by atoms with van der Waals surface area (Å²) in [5.74, 6) is 3.24. The molecular formula is C87H154O22. The van der Waals surface area contributed by atoms with Gasteiger partial charge in [0, 0.05) is 84.2 Å². The zero-order valence-corrected chi connectivity index (χ0v) is 61.3. The molecule has 5 heterocycles. The molecule has 31 atom stereocenters. The van der Waals surface area contributed by atoms with Gasteiger partial charge in [0.15, 0.2) is 0 Å². The third kappa shape index (κ3) is 19.0. The molecule has 109 heavy (non-hydrogen) atoms. The van der Waals surface area contributed by atoms with Crippen LogP contribution in [0.3, 0.4) is 0 Å². The van der Waals surface area contributed by atoms with E-state index in [0.29, 0.717) is 81.8 Å². The lowest BCUT2D eigenvalue weighted by molar-refractivity contribution is -0.176. The Balaban J connectivity index is 0.000000667. The number of hydrogen-bond donors (Lipinski definition) is 0. The van der Waals surface area contributed by atoms with Crippen LogP contribution in [0.4, 0.5) is 0 Å². The fourth-order valence-electron chi connectivity index (χ4n) is 20.4. The molecule has 0 amide bonds. The molecule has 0 radical (unpaired) electrons. The van der Waals surface area contributed by atoms with Gasteiger partial charge in [0.2, 0.25) is 0 Å². The van der Waals surface area contributed by atoms with E-state index in [0.717, 1.165) is 77.0 Å². The summed E-state index contributed by atoms with van der Waals surface area (Å²) in [6, 6.07) is 0. The minimum Gasteiger partial charge on any atom is -0.465 e. The van der Waals surface area contributed by atoms with Gasteiger partial charge in [-0.2, -0.15) is 0 Å². The van der Waals surface area contributed by atoms with Crippen molar-refractivity contribution in [2.75, 3.05) is 46.2 Å². The molecule has 31 unspecified atom stereocenters. The molecule has 0 aromatic heterocycles. The van der Waals surface area contributed by atoms with E-state index in [1.807, 2.05) is 96.9 Å². The summed E-state index contributed by atoms with van der Waals surface area (Å²) in [5, 5.41) is 0. The summed E-state index contributed by atoms with van der Waals surface area (Å²) in [6.07, 6.45) is 9.68. The summed E-state index contributed by atoms with van der Waals surface area (Å²) < 4.78 is 66.4. The highest BCUT2D eigenvalue weighted by molar-refractivity contribution is 5.81. The van der Waals surface area contributed by atoms with Crippen molar-refractivity contribution in [3.05, 3.63) is 0 Å². The van der Waals surface area contributed by atoms with Crippen molar-refractivity contribution >= 4 is 59.7 Å². The largest absolute Gasteiger partial charge is 0.465 e. The number of esters is 10. The minimum atomic E-state index is -0.486. The SMILES string of the molecule is C.C.C.C.C.C.C.C.C.C.CCC(C)(C)C(=O)OC1CC2CC1C1C(=O)OCC21.CCC(C)C(=O)OC1C(C)C2CC1C1COC(=O)C21.CCC(C)C(=O)OC1CC2CC1C1C(=O)OCC21.CCOC1C2CC(C3COC(=O)C32)C1OC(=O)C(C)(C)CC.CCOC1C2CC(C3COC(=O)C32)C1OC(=O)C(C)CC. The highest BCUT2D eigenvalue weighted by Crippen LogP contribution is 2.62. The van der Waals surface area contributed by atoms with Crippen molar-refractivity contribution in [2.45, 2.75) is 298 Å². The van der Waals surface area contributed by atoms with E-state index in [9.17, 15) is 47.9 Å². The number of rotatable bonds is 19. The Morgan fingerprint density at radius 1 is 0.339 bits per heavy atom. The molecule has 0 aromatic carbocycles. The van der Waals surface area contributed by atoms with E-state index < -0.39 is 10.8 Å². The smallest absolute Gasteiger partial charge is 0.311 e. The van der Waals surface area contributed by atoms with Gasteiger partial charge in [-0.15, -0.1) is 0 Å². The van der Waals surface area contributed by atoms with Crippen molar-refractivity contribution in [3.63, 3.8) is 0 Å². The molecule has 5 saturated heterocycles. The minimum absolute atomic E-state index is 0. The molecule has 634 valence electrons. The van der Waals surface area contributed by atoms with Gasteiger partial charge in [0.05, 0.1) is 103 Å². The quantitative estimate of drug-likeness (QED) is 0.0858. The predicted molar refractivity (Wildman–Crippen MR) is 420 cm³/mol. The second kappa shape index (κ2) is 41.1. The molecule has 0 aromatic rings. The monoisotopic (exact) mass is 1550 g/mol. The summed E-state index contributed by atoms with van der Waals surface area (Å²) >= 11 is 0. The second-order valence-corrected chi connectivity index (χ2v) is 33.3. The first kappa shape index (κ1) is 102. The van der Waals surface area contributed by atoms with Crippen LogP contribution in [0, 0.1) is 153 Å². The van der Waals surface area contributed by atoms with Crippen LogP contribution in [0.2, 0.25) is 0 Å². The Labute approximate surface area is 658 Å². The van der Waals surface area contributed by atoms with Crippen molar-refractivity contribution < 1.29 is 105 Å². The Morgan fingerprint density at radius 2 is 0.624 bits per heavy atom. The van der Waals surface area contributed by atoms with Crippen LogP contribution in [0.5, 0.6) is 0 Å². The van der Waals surface area contributed by atoms with Crippen LogP contribution in [0.25, 0.3) is 0 Å². The van der Waals surface area contributed by atoms with Gasteiger partial charge in [-0.3, -0.25) is 47.9 Å². The van der Waals surface area contributed by atoms with E-state index in [1.54, 1.807) is 0 Å². The molecular weight excluding hydrogens is 1400 g/mol. The van der Waals surface area contributed by atoms with Crippen molar-refractivity contribution in [3.8, 4) is 0 Å². The molecule has 0 N–H and O–H groups in total. The molecule has 10 aliphatic carbocycles. The molecule has 10 saturated carbocycles. The maximum Gasteiger partial charge on any atom is 0.311 e. The lowest BCUT2D eigenvalue weighted by Gasteiger charge is -2.36. The number of carbonyl (C=O) groups excluding carboxylic acids is 10. The van der Waals surface area contributed by atoms with Gasteiger partial charge in [-0.05, 0) is 142 Å². The van der Waals surface area contributed by atoms with Gasteiger partial charge >= 0.3 is 59.7 Å². The topological polar surface area (TPSA) is 281 Å². The average molecular weight is 1550 g/mol. The Morgan fingerprint density at radius 3 is 0.972 bits per heavy atom. The number of fused-ring (bicyclic) bond motifs is 25. The van der Waals surface area contributed by atoms with Crippen LogP contribution >= 0.6 is 0 Å². The molecule has 15 aliphatic rings. The highest BCUT2D eigenvalue weighted by Gasteiger charge is 2.68. The third-order valence-corrected chi connectivity index (χ3v) is 27.6. The van der Waals surface area contributed by atoms with E-state index in [1.165, 1.54) is 0 Å². The molecule has 22 heteroatoms. The summed E-state index contributed by atoms with van der Waals surface area (Å²) in [4.78, 5) is 120. The van der Waals surface area contributed by atoms with Gasteiger partial charge in [0.1, 0.15) is 30.5 Å². The summed E-state index contributed by atoms with van der Waals surface area (Å²) in [6.45, 7) is 33.0. The van der Waals surface area contributed by atoms with Gasteiger partial charge in [-0.25, -0.2) is 0 Å². The van der Waals surface area contributed by atoms with E-state index in [2.05, 4.69) is 6.92 Å². The number of ether oxygens (including phenoxy) is 12. The second-order valence-electron chi connectivity index (χ2n) is 33.3. The first-order valence-corrected chi connectivity index (χ1v) is 38.2. The lowest BCUT2D eigenvalue weighted by Crippen LogP contribution is -2.47. The molecule has 22 nitrogen and oxygen atoms in total. The maximum atomic E-state index is 12.5. The number of hydrogen-bond acceptors (Lipinski definition) is 22. The van der Waals surface area contributed by atoms with E-state index in [4.69, 9.17) is 56.8 Å². The Bertz CT molecular complexity index is 3020. The Hall–Kier alpha value is -5.38. The maximum absolute atomic E-state index is 12.5. The first-order chi connectivity index (χ1) is 47.1. The standard InChI is InChI=1S/C17H26O5.C16H24O5.2C15H22O4.C14H20O4.10CH4/c1-5-17(3,4)16(19)22-14-9-7-10(13(14)20-6-2)12-11(9)8-21-15(12)18;1-4-8(3)15(17)21-14-9-6-10(13(14)19-5-2)12-11(9)7-20-16(12)18;1-4-15(2,3)14(17)19-11-6-8-5-9(11)12-10(8)7-18-13(12)16;1-4-7(2)14(16)19-13-8(3)9-5-10(13)11-6-18-15(17)12(9)11;1-3-7(2)13(15)18-11-5-8-4-9(11)12-10(8)6-17-14(12)16;;;;;;;;;;/h9-14H,5-8H2,1-4H3;8-14H,4-7H2,1-3H3;8-12H,4-7H2,1-3H3;7-13H,4-6H2,1-3H3;7-12H,3-6H2,1-2H3;10*1H4. The number of carbonyl (C=O) groups is 10. The van der Waals surface area contributed by atoms with Crippen molar-refractivity contribution in [1.82, 2.24) is 0 Å². The van der Waals surface area contributed by atoms with E-state index in [-0.39, 0.29) is 283 Å². The van der Waals surface area contributed by atoms with Gasteiger partial charge < -0.3 is 56.8 Å². The highest BCUT2D eigenvalue weighted by atomic mass is 16.6. The summed E-state index contributed by atoms with van der Waals surface area (Å²) in [5.41, 5.74) is -0.919. The zero-order chi connectivity index (χ0) is 71.6. The van der Waals surface area contributed by atoms with Crippen LogP contribution in [0.15, 0.2) is 0 Å².